The summed E-state index contributed by atoms with van der Waals surface area (Å²) in [6, 6.07) is 22.5. The van der Waals surface area contributed by atoms with Crippen molar-refractivity contribution in [3.63, 3.8) is 0 Å². The molecular formula is C25H24N2O. The number of hydrogen-bond acceptors (Lipinski definition) is 2. The molecule has 4 rings (SSSR count). The third-order valence-corrected chi connectivity index (χ3v) is 5.12. The molecular weight excluding hydrogens is 344 g/mol. The van der Waals surface area contributed by atoms with Crippen LogP contribution in [0, 0.1) is 13.8 Å². The average Bonchev–Trinajstić information content (AvgIpc) is 2.70. The van der Waals surface area contributed by atoms with Gasteiger partial charge >= 0.3 is 0 Å². The van der Waals surface area contributed by atoms with Crippen LogP contribution in [0.5, 0.6) is 0 Å². The van der Waals surface area contributed by atoms with Crippen LogP contribution in [0.3, 0.4) is 0 Å². The van der Waals surface area contributed by atoms with Gasteiger partial charge in [0.2, 0.25) is 0 Å². The maximum absolute atomic E-state index is 13.5. The van der Waals surface area contributed by atoms with E-state index in [1.807, 2.05) is 60.3 Å². The number of anilines is 1. The molecule has 0 aliphatic heterocycles. The average molecular weight is 368 g/mol. The zero-order chi connectivity index (χ0) is 19.7. The molecule has 0 fully saturated rings. The van der Waals surface area contributed by atoms with Crippen LogP contribution in [0.25, 0.3) is 22.0 Å². The highest BCUT2D eigenvalue weighted by atomic mass is 16.1. The Morgan fingerprint density at radius 3 is 2.32 bits per heavy atom. The maximum Gasteiger partial charge on any atom is 0.199 e. The predicted molar refractivity (Wildman–Crippen MR) is 118 cm³/mol. The van der Waals surface area contributed by atoms with E-state index >= 15 is 0 Å². The summed E-state index contributed by atoms with van der Waals surface area (Å²) in [7, 11) is 2.00. The summed E-state index contributed by atoms with van der Waals surface area (Å²) < 4.78 is 2.05. The summed E-state index contributed by atoms with van der Waals surface area (Å²) >= 11 is 0. The lowest BCUT2D eigenvalue weighted by molar-refractivity contribution is 0.951. The quantitative estimate of drug-likeness (QED) is 0.521. The highest BCUT2D eigenvalue weighted by Crippen LogP contribution is 2.26. The topological polar surface area (TPSA) is 34.0 Å². The SMILES string of the molecule is Cc1ccc(-c2cn(C)c3cc(C)cc(NCc4ccccc4)c3c2=O)cc1. The van der Waals surface area contributed by atoms with Gasteiger partial charge in [0.25, 0.3) is 0 Å². The van der Waals surface area contributed by atoms with E-state index < -0.39 is 0 Å². The molecule has 0 radical (unpaired) electrons. The molecule has 0 saturated heterocycles. The number of benzene rings is 3. The van der Waals surface area contributed by atoms with Crippen molar-refractivity contribution in [1.82, 2.24) is 4.57 Å². The zero-order valence-corrected chi connectivity index (χ0v) is 16.5. The third-order valence-electron chi connectivity index (χ3n) is 5.12. The highest BCUT2D eigenvalue weighted by molar-refractivity contribution is 5.95. The van der Waals surface area contributed by atoms with Crippen LogP contribution in [0.4, 0.5) is 5.69 Å². The van der Waals surface area contributed by atoms with Crippen LogP contribution >= 0.6 is 0 Å². The second-order valence-corrected chi connectivity index (χ2v) is 7.39. The van der Waals surface area contributed by atoms with Crippen LogP contribution in [-0.2, 0) is 13.6 Å². The second-order valence-electron chi connectivity index (χ2n) is 7.39. The zero-order valence-electron chi connectivity index (χ0n) is 16.5. The van der Waals surface area contributed by atoms with Gasteiger partial charge in [0.1, 0.15) is 0 Å². The van der Waals surface area contributed by atoms with Gasteiger partial charge in [0, 0.05) is 31.0 Å². The molecule has 3 heteroatoms. The lowest BCUT2D eigenvalue weighted by atomic mass is 10.0. The monoisotopic (exact) mass is 368 g/mol. The molecule has 1 heterocycles. The summed E-state index contributed by atoms with van der Waals surface area (Å²) in [5.74, 6) is 0. The smallest absolute Gasteiger partial charge is 0.199 e. The molecule has 0 amide bonds. The van der Waals surface area contributed by atoms with Crippen LogP contribution in [0.15, 0.2) is 77.7 Å². The van der Waals surface area contributed by atoms with E-state index in [4.69, 9.17) is 0 Å². The number of pyridine rings is 1. The molecule has 0 unspecified atom stereocenters. The van der Waals surface area contributed by atoms with Crippen molar-refractivity contribution >= 4 is 16.6 Å². The molecule has 1 N–H and O–H groups in total. The maximum atomic E-state index is 13.5. The van der Waals surface area contributed by atoms with Crippen LogP contribution in [0.2, 0.25) is 0 Å². The van der Waals surface area contributed by atoms with Crippen LogP contribution in [0.1, 0.15) is 16.7 Å². The van der Waals surface area contributed by atoms with Gasteiger partial charge in [-0.05, 0) is 42.7 Å². The molecule has 0 aliphatic rings. The Hall–Kier alpha value is -3.33. The lowest BCUT2D eigenvalue weighted by Gasteiger charge is -2.15. The lowest BCUT2D eigenvalue weighted by Crippen LogP contribution is -2.13. The first-order valence-electron chi connectivity index (χ1n) is 9.52. The van der Waals surface area contributed by atoms with Gasteiger partial charge in [-0.25, -0.2) is 0 Å². The van der Waals surface area contributed by atoms with Crippen molar-refractivity contribution in [1.29, 1.82) is 0 Å². The molecule has 0 aliphatic carbocycles. The van der Waals surface area contributed by atoms with Gasteiger partial charge in [0.05, 0.1) is 10.9 Å². The van der Waals surface area contributed by atoms with E-state index in [1.54, 1.807) is 0 Å². The van der Waals surface area contributed by atoms with Gasteiger partial charge in [-0.3, -0.25) is 4.79 Å². The first-order chi connectivity index (χ1) is 13.5. The molecule has 28 heavy (non-hydrogen) atoms. The number of hydrogen-bond donors (Lipinski definition) is 1. The largest absolute Gasteiger partial charge is 0.380 e. The highest BCUT2D eigenvalue weighted by Gasteiger charge is 2.14. The van der Waals surface area contributed by atoms with Crippen molar-refractivity contribution in [2.45, 2.75) is 20.4 Å². The van der Waals surface area contributed by atoms with Crippen LogP contribution in [-0.4, -0.2) is 4.57 Å². The summed E-state index contributed by atoms with van der Waals surface area (Å²) in [6.07, 6.45) is 1.94. The fraction of sp³-hybridized carbons (Fsp3) is 0.160. The van der Waals surface area contributed by atoms with E-state index in [9.17, 15) is 4.79 Å². The molecule has 3 nitrogen and oxygen atoms in total. The number of aryl methyl sites for hydroxylation is 3. The van der Waals surface area contributed by atoms with Crippen LogP contribution < -0.4 is 10.7 Å². The van der Waals surface area contributed by atoms with E-state index in [0.717, 1.165) is 33.3 Å². The predicted octanol–water partition coefficient (Wildman–Crippen LogP) is 5.43. The summed E-state index contributed by atoms with van der Waals surface area (Å²) in [4.78, 5) is 13.5. The number of aromatic nitrogens is 1. The Bertz CT molecular complexity index is 1190. The number of fused-ring (bicyclic) bond motifs is 1. The molecule has 140 valence electrons. The van der Waals surface area contributed by atoms with Gasteiger partial charge in [0.15, 0.2) is 5.43 Å². The standard InChI is InChI=1S/C25H24N2O/c1-17-9-11-20(12-10-17)21-16-27(3)23-14-18(2)13-22(24(23)25(21)28)26-15-19-7-5-4-6-8-19/h4-14,16,26H,15H2,1-3H3. The van der Waals surface area contributed by atoms with Crippen molar-refractivity contribution in [3.8, 4) is 11.1 Å². The van der Waals surface area contributed by atoms with Gasteiger partial charge in [-0.2, -0.15) is 0 Å². The summed E-state index contributed by atoms with van der Waals surface area (Å²) in [5, 5.41) is 4.23. The van der Waals surface area contributed by atoms with E-state index in [1.165, 1.54) is 11.1 Å². The van der Waals surface area contributed by atoms with Crippen molar-refractivity contribution in [2.24, 2.45) is 7.05 Å². The Morgan fingerprint density at radius 2 is 1.61 bits per heavy atom. The van der Waals surface area contributed by atoms with Crippen molar-refractivity contribution in [2.75, 3.05) is 5.32 Å². The Morgan fingerprint density at radius 1 is 0.893 bits per heavy atom. The number of rotatable bonds is 4. The second kappa shape index (κ2) is 7.35. The fourth-order valence-corrected chi connectivity index (χ4v) is 3.61. The van der Waals surface area contributed by atoms with Gasteiger partial charge in [-0.1, -0.05) is 60.2 Å². The van der Waals surface area contributed by atoms with Crippen molar-refractivity contribution in [3.05, 3.63) is 99.8 Å². The Kier molecular flexibility index (Phi) is 4.74. The molecule has 0 saturated carbocycles. The summed E-state index contributed by atoms with van der Waals surface area (Å²) in [6.45, 7) is 4.79. The normalized spacial score (nSPS) is 11.0. The minimum atomic E-state index is 0.0625. The minimum absolute atomic E-state index is 0.0625. The number of nitrogens with one attached hydrogen (secondary N) is 1. The van der Waals surface area contributed by atoms with E-state index in [-0.39, 0.29) is 5.43 Å². The number of nitrogens with zero attached hydrogens (tertiary/aromatic N) is 1. The Labute approximate surface area is 165 Å². The van der Waals surface area contributed by atoms with E-state index in [0.29, 0.717) is 6.54 Å². The minimum Gasteiger partial charge on any atom is -0.380 e. The molecule has 1 aromatic heterocycles. The Balaban J connectivity index is 1.87. The molecule has 0 spiro atoms. The van der Waals surface area contributed by atoms with E-state index in [2.05, 4.69) is 43.4 Å². The first kappa shape index (κ1) is 18.1. The third kappa shape index (κ3) is 3.44. The summed E-state index contributed by atoms with van der Waals surface area (Å²) in [5.41, 5.74) is 7.05. The molecule has 0 atom stereocenters. The fourth-order valence-electron chi connectivity index (χ4n) is 3.61. The van der Waals surface area contributed by atoms with Crippen molar-refractivity contribution < 1.29 is 0 Å². The molecule has 4 aromatic rings. The molecule has 0 bridgehead atoms. The van der Waals surface area contributed by atoms with Gasteiger partial charge < -0.3 is 9.88 Å². The first-order valence-corrected chi connectivity index (χ1v) is 9.52. The van der Waals surface area contributed by atoms with Gasteiger partial charge in [-0.15, -0.1) is 0 Å². The molecule has 3 aromatic carbocycles.